The molecule has 1 atom stereocenters. The second-order valence-corrected chi connectivity index (χ2v) is 5.02. The Morgan fingerprint density at radius 1 is 1.28 bits per heavy atom. The van der Waals surface area contributed by atoms with Crippen LogP contribution in [0.15, 0.2) is 30.3 Å². The molecule has 0 spiro atoms. The Kier molecular flexibility index (Phi) is 3.43. The summed E-state index contributed by atoms with van der Waals surface area (Å²) >= 11 is 0. The van der Waals surface area contributed by atoms with Gasteiger partial charge in [0.05, 0.1) is 12.1 Å². The maximum Gasteiger partial charge on any atom is 0.204 e. The minimum Gasteiger partial charge on any atom is -0.388 e. The number of aliphatic hydroxyl groups is 1. The first-order valence-corrected chi connectivity index (χ1v) is 6.04. The van der Waals surface area contributed by atoms with Crippen molar-refractivity contribution < 1.29 is 5.11 Å². The first-order valence-electron chi connectivity index (χ1n) is 6.04. The van der Waals surface area contributed by atoms with Gasteiger partial charge in [-0.15, -0.1) is 10.2 Å². The number of nitrogens with zero attached hydrogens (tertiary/aromatic N) is 4. The molecule has 1 N–H and O–H groups in total. The number of aromatic nitrogens is 4. The number of tetrazole rings is 1. The lowest BCUT2D eigenvalue weighted by Gasteiger charge is -2.26. The monoisotopic (exact) mass is 246 g/mol. The molecule has 1 heterocycles. The van der Waals surface area contributed by atoms with Gasteiger partial charge in [-0.2, -0.15) is 4.80 Å². The van der Waals surface area contributed by atoms with Crippen LogP contribution in [0.5, 0.6) is 0 Å². The molecule has 0 aliphatic heterocycles. The van der Waals surface area contributed by atoms with Crippen molar-refractivity contribution in [2.45, 2.75) is 32.9 Å². The Morgan fingerprint density at radius 2 is 1.94 bits per heavy atom. The van der Waals surface area contributed by atoms with E-state index in [0.717, 1.165) is 5.56 Å². The smallest absolute Gasteiger partial charge is 0.204 e. The van der Waals surface area contributed by atoms with E-state index < -0.39 is 5.60 Å². The highest BCUT2D eigenvalue weighted by molar-refractivity contribution is 5.52. The number of benzene rings is 1. The molecule has 1 unspecified atom stereocenters. The van der Waals surface area contributed by atoms with Gasteiger partial charge in [0, 0.05) is 5.56 Å². The molecule has 18 heavy (non-hydrogen) atoms. The van der Waals surface area contributed by atoms with Crippen molar-refractivity contribution >= 4 is 0 Å². The van der Waals surface area contributed by atoms with Crippen LogP contribution in [0.25, 0.3) is 11.4 Å². The van der Waals surface area contributed by atoms with E-state index in [1.165, 1.54) is 4.80 Å². The van der Waals surface area contributed by atoms with Gasteiger partial charge in [-0.3, -0.25) is 0 Å². The lowest BCUT2D eigenvalue weighted by Crippen LogP contribution is -2.37. The Hall–Kier alpha value is -1.75. The van der Waals surface area contributed by atoms with E-state index in [1.807, 2.05) is 44.2 Å². The Balaban J connectivity index is 2.17. The summed E-state index contributed by atoms with van der Waals surface area (Å²) in [4.78, 5) is 1.45. The standard InChI is InChI=1S/C13H18N4O/c1-10(2)13(3,18)9-17-15-12(14-16-17)11-7-5-4-6-8-11/h4-8,10,18H,9H2,1-3H3. The summed E-state index contributed by atoms with van der Waals surface area (Å²) in [5.41, 5.74) is 0.0854. The number of rotatable bonds is 4. The SMILES string of the molecule is CC(C)C(C)(O)Cn1nnc(-c2ccccc2)n1. The van der Waals surface area contributed by atoms with E-state index in [2.05, 4.69) is 15.4 Å². The zero-order valence-corrected chi connectivity index (χ0v) is 10.9. The molecule has 0 saturated heterocycles. The Morgan fingerprint density at radius 3 is 2.56 bits per heavy atom. The minimum atomic E-state index is -0.839. The second kappa shape index (κ2) is 4.86. The first-order chi connectivity index (χ1) is 8.49. The van der Waals surface area contributed by atoms with Gasteiger partial charge < -0.3 is 5.11 Å². The maximum atomic E-state index is 10.2. The van der Waals surface area contributed by atoms with Crippen LogP contribution in [0.4, 0.5) is 0 Å². The van der Waals surface area contributed by atoms with Gasteiger partial charge in [0.25, 0.3) is 0 Å². The average molecular weight is 246 g/mol. The molecule has 0 saturated carbocycles. The van der Waals surface area contributed by atoms with Gasteiger partial charge in [-0.05, 0) is 18.1 Å². The maximum absolute atomic E-state index is 10.2. The van der Waals surface area contributed by atoms with Crippen molar-refractivity contribution in [3.63, 3.8) is 0 Å². The molecule has 2 aromatic rings. The van der Waals surface area contributed by atoms with Crippen molar-refractivity contribution in [3.8, 4) is 11.4 Å². The van der Waals surface area contributed by atoms with Crippen LogP contribution in [0.2, 0.25) is 0 Å². The molecule has 1 aromatic heterocycles. The normalized spacial score (nSPS) is 14.7. The lowest BCUT2D eigenvalue weighted by molar-refractivity contribution is -0.00957. The Bertz CT molecular complexity index is 505. The third-order valence-electron chi connectivity index (χ3n) is 3.19. The highest BCUT2D eigenvalue weighted by Crippen LogP contribution is 2.18. The van der Waals surface area contributed by atoms with Crippen LogP contribution in [-0.4, -0.2) is 30.9 Å². The summed E-state index contributed by atoms with van der Waals surface area (Å²) in [7, 11) is 0. The molecule has 0 aliphatic rings. The summed E-state index contributed by atoms with van der Waals surface area (Å²) < 4.78 is 0. The zero-order valence-electron chi connectivity index (χ0n) is 10.9. The quantitative estimate of drug-likeness (QED) is 0.892. The van der Waals surface area contributed by atoms with Crippen molar-refractivity contribution in [2.24, 2.45) is 5.92 Å². The van der Waals surface area contributed by atoms with Crippen LogP contribution < -0.4 is 0 Å². The van der Waals surface area contributed by atoms with E-state index in [1.54, 1.807) is 6.92 Å². The molecule has 2 rings (SSSR count). The van der Waals surface area contributed by atoms with E-state index in [-0.39, 0.29) is 5.92 Å². The van der Waals surface area contributed by atoms with Crippen LogP contribution in [-0.2, 0) is 6.54 Å². The van der Waals surface area contributed by atoms with Crippen LogP contribution in [0.1, 0.15) is 20.8 Å². The van der Waals surface area contributed by atoms with Crippen LogP contribution in [0.3, 0.4) is 0 Å². The molecule has 0 bridgehead atoms. The van der Waals surface area contributed by atoms with Crippen molar-refractivity contribution in [3.05, 3.63) is 30.3 Å². The van der Waals surface area contributed by atoms with E-state index in [0.29, 0.717) is 12.4 Å². The van der Waals surface area contributed by atoms with E-state index >= 15 is 0 Å². The van der Waals surface area contributed by atoms with Crippen LogP contribution >= 0.6 is 0 Å². The summed E-state index contributed by atoms with van der Waals surface area (Å²) in [6.07, 6.45) is 0. The Labute approximate surface area is 106 Å². The van der Waals surface area contributed by atoms with Crippen molar-refractivity contribution in [2.75, 3.05) is 0 Å². The molecular weight excluding hydrogens is 228 g/mol. The predicted octanol–water partition coefficient (Wildman–Crippen LogP) is 1.75. The van der Waals surface area contributed by atoms with Crippen molar-refractivity contribution in [1.82, 2.24) is 20.2 Å². The second-order valence-electron chi connectivity index (χ2n) is 5.02. The number of hydrogen-bond acceptors (Lipinski definition) is 4. The van der Waals surface area contributed by atoms with Gasteiger partial charge >= 0.3 is 0 Å². The first kappa shape index (κ1) is 12.7. The topological polar surface area (TPSA) is 63.8 Å². The molecule has 5 nitrogen and oxygen atoms in total. The number of hydrogen-bond donors (Lipinski definition) is 1. The molecule has 0 fully saturated rings. The summed E-state index contributed by atoms with van der Waals surface area (Å²) in [6.45, 7) is 6.05. The fraction of sp³-hybridized carbons (Fsp3) is 0.462. The molecule has 1 aromatic carbocycles. The van der Waals surface area contributed by atoms with Crippen LogP contribution in [0, 0.1) is 5.92 Å². The van der Waals surface area contributed by atoms with Gasteiger partial charge in [-0.25, -0.2) is 0 Å². The average Bonchev–Trinajstić information content (AvgIpc) is 2.78. The lowest BCUT2D eigenvalue weighted by atomic mass is 9.93. The third kappa shape index (κ3) is 2.73. The molecule has 0 amide bonds. The highest BCUT2D eigenvalue weighted by Gasteiger charge is 2.26. The highest BCUT2D eigenvalue weighted by atomic mass is 16.3. The van der Waals surface area contributed by atoms with Gasteiger partial charge in [0.2, 0.25) is 5.82 Å². The van der Waals surface area contributed by atoms with E-state index in [9.17, 15) is 5.11 Å². The van der Waals surface area contributed by atoms with Gasteiger partial charge in [-0.1, -0.05) is 44.2 Å². The fourth-order valence-corrected chi connectivity index (χ4v) is 1.48. The molecular formula is C13H18N4O. The summed E-state index contributed by atoms with van der Waals surface area (Å²) in [6, 6.07) is 9.67. The molecule has 0 radical (unpaired) electrons. The van der Waals surface area contributed by atoms with Gasteiger partial charge in [0.15, 0.2) is 0 Å². The third-order valence-corrected chi connectivity index (χ3v) is 3.19. The van der Waals surface area contributed by atoms with Gasteiger partial charge in [0.1, 0.15) is 0 Å². The minimum absolute atomic E-state index is 0.128. The largest absolute Gasteiger partial charge is 0.388 e. The zero-order chi connectivity index (χ0) is 13.2. The van der Waals surface area contributed by atoms with E-state index in [4.69, 9.17) is 0 Å². The fourth-order valence-electron chi connectivity index (χ4n) is 1.48. The predicted molar refractivity (Wildman–Crippen MR) is 68.7 cm³/mol. The molecule has 0 aliphatic carbocycles. The molecule has 96 valence electrons. The molecule has 5 heteroatoms. The van der Waals surface area contributed by atoms with Crippen molar-refractivity contribution in [1.29, 1.82) is 0 Å². The summed E-state index contributed by atoms with van der Waals surface area (Å²) in [5, 5.41) is 22.5. The summed E-state index contributed by atoms with van der Waals surface area (Å²) in [5.74, 6) is 0.707.